The first-order valence-electron chi connectivity index (χ1n) is 3.37. The number of nitrogens with one attached hydrogen (secondary N) is 2. The summed E-state index contributed by atoms with van der Waals surface area (Å²) < 4.78 is 0. The second-order valence-corrected chi connectivity index (χ2v) is 2.80. The zero-order valence-corrected chi connectivity index (χ0v) is 6.46. The van der Waals surface area contributed by atoms with E-state index < -0.39 is 0 Å². The standard InChI is InChI=1S/C6H10N2O.ClH/c9-5-6(4-7-5)2-1-3-8-6;/h8H,1-4H2,(H,7,9);1H. The van der Waals surface area contributed by atoms with Crippen LogP contribution in [0.4, 0.5) is 0 Å². The van der Waals surface area contributed by atoms with Gasteiger partial charge in [0.25, 0.3) is 0 Å². The molecule has 0 aromatic heterocycles. The molecule has 1 amide bonds. The van der Waals surface area contributed by atoms with Crippen LogP contribution in [0.25, 0.3) is 0 Å². The van der Waals surface area contributed by atoms with E-state index >= 15 is 0 Å². The summed E-state index contributed by atoms with van der Waals surface area (Å²) in [4.78, 5) is 10.9. The minimum Gasteiger partial charge on any atom is -0.352 e. The number of rotatable bonds is 0. The second-order valence-electron chi connectivity index (χ2n) is 2.80. The molecule has 4 heteroatoms. The molecule has 2 fully saturated rings. The van der Waals surface area contributed by atoms with Crippen LogP contribution in [0, 0.1) is 0 Å². The van der Waals surface area contributed by atoms with Crippen molar-refractivity contribution in [1.82, 2.24) is 10.6 Å². The first kappa shape index (κ1) is 7.82. The van der Waals surface area contributed by atoms with Crippen LogP contribution >= 0.6 is 12.4 Å². The molecular formula is C6H11ClN2O. The highest BCUT2D eigenvalue weighted by Gasteiger charge is 2.47. The smallest absolute Gasteiger partial charge is 0.242 e. The topological polar surface area (TPSA) is 41.1 Å². The molecule has 1 atom stereocenters. The lowest BCUT2D eigenvalue weighted by molar-refractivity contribution is -0.134. The Morgan fingerprint density at radius 3 is 2.50 bits per heavy atom. The molecule has 3 nitrogen and oxygen atoms in total. The van der Waals surface area contributed by atoms with E-state index in [9.17, 15) is 4.79 Å². The number of hydrogen-bond acceptors (Lipinski definition) is 2. The van der Waals surface area contributed by atoms with Crippen molar-refractivity contribution in [3.05, 3.63) is 0 Å². The molecule has 58 valence electrons. The lowest BCUT2D eigenvalue weighted by Crippen LogP contribution is -2.69. The highest BCUT2D eigenvalue weighted by atomic mass is 35.5. The van der Waals surface area contributed by atoms with Crippen LogP contribution in [0.15, 0.2) is 0 Å². The Labute approximate surface area is 66.0 Å². The fourth-order valence-electron chi connectivity index (χ4n) is 1.52. The van der Waals surface area contributed by atoms with Crippen molar-refractivity contribution in [2.24, 2.45) is 0 Å². The van der Waals surface area contributed by atoms with Gasteiger partial charge in [-0.3, -0.25) is 4.79 Å². The van der Waals surface area contributed by atoms with Crippen molar-refractivity contribution in [3.8, 4) is 0 Å². The maximum Gasteiger partial charge on any atom is 0.242 e. The van der Waals surface area contributed by atoms with Gasteiger partial charge in [0.2, 0.25) is 5.91 Å². The lowest BCUT2D eigenvalue weighted by atomic mass is 9.90. The molecule has 2 aliphatic rings. The highest BCUT2D eigenvalue weighted by molar-refractivity contribution is 5.92. The number of β-lactam (4-membered cyclic amide) rings is 1. The third-order valence-corrected chi connectivity index (χ3v) is 2.23. The van der Waals surface area contributed by atoms with Gasteiger partial charge in [0, 0.05) is 6.54 Å². The van der Waals surface area contributed by atoms with Crippen molar-refractivity contribution >= 4 is 18.3 Å². The zero-order valence-electron chi connectivity index (χ0n) is 5.64. The minimum absolute atomic E-state index is 0. The van der Waals surface area contributed by atoms with E-state index in [1.54, 1.807) is 0 Å². The van der Waals surface area contributed by atoms with Gasteiger partial charge < -0.3 is 10.6 Å². The van der Waals surface area contributed by atoms with E-state index in [1.807, 2.05) is 0 Å². The number of carbonyl (C=O) groups excluding carboxylic acids is 1. The van der Waals surface area contributed by atoms with E-state index in [2.05, 4.69) is 10.6 Å². The lowest BCUT2D eigenvalue weighted by Gasteiger charge is -2.37. The number of amides is 1. The fourth-order valence-corrected chi connectivity index (χ4v) is 1.52. The molecule has 10 heavy (non-hydrogen) atoms. The quantitative estimate of drug-likeness (QED) is 0.479. The Kier molecular flexibility index (Phi) is 1.88. The Morgan fingerprint density at radius 1 is 1.50 bits per heavy atom. The molecule has 0 saturated carbocycles. The maximum absolute atomic E-state index is 10.9. The van der Waals surface area contributed by atoms with E-state index in [1.165, 1.54) is 0 Å². The van der Waals surface area contributed by atoms with Gasteiger partial charge in [-0.25, -0.2) is 0 Å². The van der Waals surface area contributed by atoms with Gasteiger partial charge in [-0.15, -0.1) is 12.4 Å². The fraction of sp³-hybridized carbons (Fsp3) is 0.833. The first-order valence-corrected chi connectivity index (χ1v) is 3.37. The number of hydrogen-bond donors (Lipinski definition) is 2. The third-order valence-electron chi connectivity index (χ3n) is 2.23. The first-order chi connectivity index (χ1) is 4.33. The minimum atomic E-state index is -0.125. The summed E-state index contributed by atoms with van der Waals surface area (Å²) in [5.74, 6) is 0.194. The van der Waals surface area contributed by atoms with Crippen LogP contribution in [-0.4, -0.2) is 24.5 Å². The van der Waals surface area contributed by atoms with E-state index in [-0.39, 0.29) is 23.9 Å². The number of halogens is 1. The Bertz CT molecular complexity index is 154. The summed E-state index contributed by atoms with van der Waals surface area (Å²) in [6, 6.07) is 0. The predicted molar refractivity (Wildman–Crippen MR) is 40.2 cm³/mol. The Hall–Kier alpha value is -0.280. The largest absolute Gasteiger partial charge is 0.352 e. The summed E-state index contributed by atoms with van der Waals surface area (Å²) in [6.07, 6.45) is 2.17. The summed E-state index contributed by atoms with van der Waals surface area (Å²) in [7, 11) is 0. The highest BCUT2D eigenvalue weighted by Crippen LogP contribution is 2.23. The van der Waals surface area contributed by atoms with E-state index in [0.29, 0.717) is 0 Å². The van der Waals surface area contributed by atoms with Crippen LogP contribution in [0.1, 0.15) is 12.8 Å². The monoisotopic (exact) mass is 162 g/mol. The van der Waals surface area contributed by atoms with Crippen molar-refractivity contribution in [2.45, 2.75) is 18.4 Å². The molecular weight excluding hydrogens is 152 g/mol. The van der Waals surface area contributed by atoms with E-state index in [4.69, 9.17) is 0 Å². The Balaban J connectivity index is 0.000000500. The van der Waals surface area contributed by atoms with Crippen LogP contribution in [0.2, 0.25) is 0 Å². The van der Waals surface area contributed by atoms with Crippen molar-refractivity contribution < 1.29 is 4.79 Å². The van der Waals surface area contributed by atoms with Gasteiger partial charge in [-0.05, 0) is 19.4 Å². The van der Waals surface area contributed by atoms with Gasteiger partial charge in [0.15, 0.2) is 0 Å². The molecule has 0 aromatic carbocycles. The maximum atomic E-state index is 10.9. The molecule has 1 unspecified atom stereocenters. The molecule has 0 aromatic rings. The third kappa shape index (κ3) is 0.812. The molecule has 0 aliphatic carbocycles. The molecule has 2 heterocycles. The van der Waals surface area contributed by atoms with Gasteiger partial charge in [-0.2, -0.15) is 0 Å². The molecule has 2 saturated heterocycles. The van der Waals surface area contributed by atoms with Crippen molar-refractivity contribution in [2.75, 3.05) is 13.1 Å². The van der Waals surface area contributed by atoms with Gasteiger partial charge in [-0.1, -0.05) is 0 Å². The molecule has 2 rings (SSSR count). The van der Waals surface area contributed by atoms with Crippen molar-refractivity contribution in [3.63, 3.8) is 0 Å². The number of carbonyl (C=O) groups is 1. The van der Waals surface area contributed by atoms with Gasteiger partial charge >= 0.3 is 0 Å². The Morgan fingerprint density at radius 2 is 2.30 bits per heavy atom. The van der Waals surface area contributed by atoms with Gasteiger partial charge in [0.1, 0.15) is 5.54 Å². The van der Waals surface area contributed by atoms with E-state index in [0.717, 1.165) is 25.9 Å². The van der Waals surface area contributed by atoms with Crippen LogP contribution in [0.3, 0.4) is 0 Å². The summed E-state index contributed by atoms with van der Waals surface area (Å²) in [6.45, 7) is 1.85. The van der Waals surface area contributed by atoms with Crippen LogP contribution < -0.4 is 10.6 Å². The second kappa shape index (κ2) is 2.40. The summed E-state index contributed by atoms with van der Waals surface area (Å²) >= 11 is 0. The van der Waals surface area contributed by atoms with Crippen LogP contribution in [-0.2, 0) is 4.79 Å². The van der Waals surface area contributed by atoms with Crippen molar-refractivity contribution in [1.29, 1.82) is 0 Å². The molecule has 2 N–H and O–H groups in total. The normalized spacial score (nSPS) is 36.6. The summed E-state index contributed by atoms with van der Waals surface area (Å²) in [5.41, 5.74) is -0.125. The van der Waals surface area contributed by atoms with Crippen LogP contribution in [0.5, 0.6) is 0 Å². The average molecular weight is 163 g/mol. The zero-order chi connectivity index (χ0) is 6.32. The van der Waals surface area contributed by atoms with Gasteiger partial charge in [0.05, 0.1) is 0 Å². The SMILES string of the molecule is Cl.O=C1NCC12CCCN2. The summed E-state index contributed by atoms with van der Waals surface area (Å²) in [5, 5.41) is 5.95. The molecule has 0 bridgehead atoms. The average Bonchev–Trinajstić information content (AvgIpc) is 2.34. The molecule has 2 aliphatic heterocycles. The molecule has 0 radical (unpaired) electrons. The molecule has 1 spiro atoms. The predicted octanol–water partition coefficient (Wildman–Crippen LogP) is -0.340.